The van der Waals surface area contributed by atoms with Gasteiger partial charge in [-0.1, -0.05) is 24.3 Å². The molecule has 1 saturated heterocycles. The molecule has 0 radical (unpaired) electrons. The summed E-state index contributed by atoms with van der Waals surface area (Å²) in [7, 11) is -3.29. The fraction of sp³-hybridized carbons (Fsp3) is 0.417. The molecule has 2 aliphatic rings. The molecule has 7 heteroatoms. The Balaban J connectivity index is 1.43. The maximum atomic E-state index is 14.8. The summed E-state index contributed by atoms with van der Waals surface area (Å²) in [6.07, 6.45) is 4.67. The Morgan fingerprint density at radius 3 is 2.45 bits per heavy atom. The quantitative estimate of drug-likeness (QED) is 0.710. The van der Waals surface area contributed by atoms with Gasteiger partial charge in [0, 0.05) is 18.7 Å². The van der Waals surface area contributed by atoms with Gasteiger partial charge >= 0.3 is 0 Å². The summed E-state index contributed by atoms with van der Waals surface area (Å²) in [5, 5.41) is 12.9. The van der Waals surface area contributed by atoms with E-state index < -0.39 is 21.6 Å². The number of rotatable bonds is 7. The molecule has 2 aromatic rings. The first-order valence-electron chi connectivity index (χ1n) is 10.5. The molecule has 1 unspecified atom stereocenters. The van der Waals surface area contributed by atoms with Crippen molar-refractivity contribution in [2.75, 3.05) is 6.26 Å². The first kappa shape index (κ1) is 21.7. The standard InChI is InChI=1S/C24H25FN2O3S/c1-31(29,30)21-8-5-16(6-9-21)17-2-3-18(22(25)13-17)10-15(14-26)11-23(28)24-19-4-7-20(12-19)27-24/h2-3,5-6,8-9,13,15,19-20,24,27H,4,7,10-12H2,1H3/t15?,19-,20+,24-/m0/s1. The summed E-state index contributed by atoms with van der Waals surface area (Å²) in [5.41, 5.74) is 1.72. The normalized spacial score (nSPS) is 23.5. The summed E-state index contributed by atoms with van der Waals surface area (Å²) < 4.78 is 37.9. The number of hydrogen-bond acceptors (Lipinski definition) is 5. The molecule has 2 bridgehead atoms. The number of benzene rings is 2. The number of piperidine rings is 1. The molecular formula is C24H25FN2O3S. The van der Waals surface area contributed by atoms with Crippen molar-refractivity contribution < 1.29 is 17.6 Å². The molecule has 0 aromatic heterocycles. The zero-order valence-corrected chi connectivity index (χ0v) is 18.2. The van der Waals surface area contributed by atoms with Crippen molar-refractivity contribution in [3.63, 3.8) is 0 Å². The molecule has 162 valence electrons. The van der Waals surface area contributed by atoms with E-state index in [1.54, 1.807) is 24.3 Å². The predicted octanol–water partition coefficient (Wildman–Crippen LogP) is 3.68. The Morgan fingerprint density at radius 2 is 1.90 bits per heavy atom. The van der Waals surface area contributed by atoms with Crippen molar-refractivity contribution in [3.05, 3.63) is 53.8 Å². The van der Waals surface area contributed by atoms with Crippen molar-refractivity contribution in [1.29, 1.82) is 5.26 Å². The van der Waals surface area contributed by atoms with Crippen LogP contribution in [-0.2, 0) is 21.1 Å². The largest absolute Gasteiger partial charge is 0.304 e. The number of carbonyl (C=O) groups excluding carboxylic acids is 1. The Morgan fingerprint density at radius 1 is 1.19 bits per heavy atom. The van der Waals surface area contributed by atoms with Crippen molar-refractivity contribution in [3.8, 4) is 17.2 Å². The van der Waals surface area contributed by atoms with Gasteiger partial charge in [0.15, 0.2) is 15.6 Å². The van der Waals surface area contributed by atoms with Gasteiger partial charge in [-0.25, -0.2) is 12.8 Å². The molecule has 2 aromatic carbocycles. The number of hydrogen-bond donors (Lipinski definition) is 1. The molecule has 1 saturated carbocycles. The van der Waals surface area contributed by atoms with Crippen LogP contribution in [0.15, 0.2) is 47.4 Å². The molecule has 4 atom stereocenters. The Kier molecular flexibility index (Phi) is 5.96. The third-order valence-electron chi connectivity index (χ3n) is 6.47. The van der Waals surface area contributed by atoms with Crippen molar-refractivity contribution in [2.45, 2.75) is 49.1 Å². The van der Waals surface area contributed by atoms with Gasteiger partial charge in [-0.05, 0) is 66.5 Å². The highest BCUT2D eigenvalue weighted by Crippen LogP contribution is 2.36. The minimum Gasteiger partial charge on any atom is -0.304 e. The third-order valence-corrected chi connectivity index (χ3v) is 7.60. The second kappa shape index (κ2) is 8.52. The summed E-state index contributed by atoms with van der Waals surface area (Å²) in [4.78, 5) is 12.9. The van der Waals surface area contributed by atoms with E-state index in [4.69, 9.17) is 0 Å². The number of sulfone groups is 1. The van der Waals surface area contributed by atoms with Crippen LogP contribution in [0.2, 0.25) is 0 Å². The van der Waals surface area contributed by atoms with E-state index in [0.29, 0.717) is 28.7 Å². The highest BCUT2D eigenvalue weighted by molar-refractivity contribution is 7.90. The zero-order chi connectivity index (χ0) is 22.2. The summed E-state index contributed by atoms with van der Waals surface area (Å²) in [6, 6.07) is 13.5. The fourth-order valence-corrected chi connectivity index (χ4v) is 5.43. The van der Waals surface area contributed by atoms with Gasteiger partial charge in [-0.15, -0.1) is 0 Å². The SMILES string of the molecule is CS(=O)(=O)c1ccc(-c2ccc(CC(C#N)CC(=O)[C@H]3N[C@@H]4CC[C@H]3C4)c(F)c2)cc1. The minimum atomic E-state index is -3.29. The van der Waals surface area contributed by atoms with Gasteiger partial charge < -0.3 is 5.32 Å². The Labute approximate surface area is 182 Å². The Bertz CT molecular complexity index is 1140. The molecule has 1 aliphatic carbocycles. The fourth-order valence-electron chi connectivity index (χ4n) is 4.80. The van der Waals surface area contributed by atoms with Gasteiger partial charge in [0.05, 0.1) is 22.9 Å². The van der Waals surface area contributed by atoms with Crippen LogP contribution in [0, 0.1) is 29.0 Å². The van der Waals surface area contributed by atoms with Crippen LogP contribution in [0.25, 0.3) is 11.1 Å². The molecule has 5 nitrogen and oxygen atoms in total. The second-order valence-electron chi connectivity index (χ2n) is 8.72. The lowest BCUT2D eigenvalue weighted by Crippen LogP contribution is -2.42. The minimum absolute atomic E-state index is 0.0572. The molecule has 2 fully saturated rings. The van der Waals surface area contributed by atoms with Gasteiger partial charge in [0.2, 0.25) is 0 Å². The number of nitrogens with zero attached hydrogens (tertiary/aromatic N) is 1. The van der Waals surface area contributed by atoms with Crippen LogP contribution in [0.3, 0.4) is 0 Å². The van der Waals surface area contributed by atoms with Crippen LogP contribution in [0.5, 0.6) is 0 Å². The van der Waals surface area contributed by atoms with Crippen LogP contribution in [-0.4, -0.2) is 32.5 Å². The van der Waals surface area contributed by atoms with E-state index in [0.717, 1.165) is 25.5 Å². The molecular weight excluding hydrogens is 415 g/mol. The lowest BCUT2D eigenvalue weighted by Gasteiger charge is -2.22. The first-order chi connectivity index (χ1) is 14.7. The average molecular weight is 441 g/mol. The number of nitrogens with one attached hydrogen (secondary N) is 1. The number of fused-ring (bicyclic) bond motifs is 2. The second-order valence-corrected chi connectivity index (χ2v) is 10.7. The Hall–Kier alpha value is -2.56. The molecule has 31 heavy (non-hydrogen) atoms. The van der Waals surface area contributed by atoms with E-state index >= 15 is 0 Å². The predicted molar refractivity (Wildman–Crippen MR) is 115 cm³/mol. The van der Waals surface area contributed by atoms with E-state index in [1.807, 2.05) is 0 Å². The first-order valence-corrected chi connectivity index (χ1v) is 12.4. The maximum Gasteiger partial charge on any atom is 0.175 e. The molecule has 1 N–H and O–H groups in total. The van der Waals surface area contributed by atoms with Crippen LogP contribution in [0.4, 0.5) is 4.39 Å². The molecule has 0 amide bonds. The summed E-state index contributed by atoms with van der Waals surface area (Å²) in [5.74, 6) is -0.568. The van der Waals surface area contributed by atoms with Crippen molar-refractivity contribution in [1.82, 2.24) is 5.32 Å². The lowest BCUT2D eigenvalue weighted by molar-refractivity contribution is -0.122. The zero-order valence-electron chi connectivity index (χ0n) is 17.3. The number of nitriles is 1. The van der Waals surface area contributed by atoms with Crippen LogP contribution < -0.4 is 5.32 Å². The highest BCUT2D eigenvalue weighted by atomic mass is 32.2. The summed E-state index contributed by atoms with van der Waals surface area (Å²) >= 11 is 0. The molecule has 4 rings (SSSR count). The monoisotopic (exact) mass is 440 g/mol. The van der Waals surface area contributed by atoms with E-state index in [-0.39, 0.29) is 29.6 Å². The summed E-state index contributed by atoms with van der Waals surface area (Å²) in [6.45, 7) is 0. The third kappa shape index (κ3) is 4.70. The number of ketones is 1. The average Bonchev–Trinajstić information content (AvgIpc) is 3.37. The van der Waals surface area contributed by atoms with Crippen LogP contribution in [0.1, 0.15) is 31.2 Å². The number of carbonyl (C=O) groups is 1. The van der Waals surface area contributed by atoms with Gasteiger partial charge in [0.25, 0.3) is 0 Å². The molecule has 0 spiro atoms. The van der Waals surface area contributed by atoms with E-state index in [1.165, 1.54) is 18.2 Å². The van der Waals surface area contributed by atoms with E-state index in [9.17, 15) is 22.9 Å². The number of Topliss-reactive ketones (excluding diaryl/α,β-unsaturated/α-hetero) is 1. The molecule has 1 heterocycles. The number of halogens is 1. The van der Waals surface area contributed by atoms with Crippen molar-refractivity contribution >= 4 is 15.6 Å². The van der Waals surface area contributed by atoms with Crippen molar-refractivity contribution in [2.24, 2.45) is 11.8 Å². The van der Waals surface area contributed by atoms with E-state index in [2.05, 4.69) is 11.4 Å². The van der Waals surface area contributed by atoms with Gasteiger partial charge in [-0.3, -0.25) is 4.79 Å². The topological polar surface area (TPSA) is 87.0 Å². The van der Waals surface area contributed by atoms with Gasteiger partial charge in [0.1, 0.15) is 5.82 Å². The van der Waals surface area contributed by atoms with Crippen LogP contribution >= 0.6 is 0 Å². The molecule has 1 aliphatic heterocycles. The maximum absolute atomic E-state index is 14.8. The highest BCUT2D eigenvalue weighted by Gasteiger charge is 2.42. The lowest BCUT2D eigenvalue weighted by atomic mass is 9.88. The van der Waals surface area contributed by atoms with Gasteiger partial charge in [-0.2, -0.15) is 5.26 Å². The smallest absolute Gasteiger partial charge is 0.175 e.